The maximum atomic E-state index is 11.5. The molecule has 0 fully saturated rings. The summed E-state index contributed by atoms with van der Waals surface area (Å²) in [6.45, 7) is 2.05. The summed E-state index contributed by atoms with van der Waals surface area (Å²) in [7, 11) is 0. The summed E-state index contributed by atoms with van der Waals surface area (Å²) < 4.78 is 0. The molecule has 24 heavy (non-hydrogen) atoms. The number of aromatic nitrogens is 2. The number of hydrogen-bond acceptors (Lipinski definition) is 5. The SMILES string of the molecule is CCCCC(Nc1ncnc2sc(-c3ccccc3)cc12)C(=O)O. The van der Waals surface area contributed by atoms with Crippen molar-refractivity contribution in [2.75, 3.05) is 5.32 Å². The minimum atomic E-state index is -0.853. The molecule has 3 rings (SSSR count). The zero-order chi connectivity index (χ0) is 16.9. The van der Waals surface area contributed by atoms with Gasteiger partial charge in [0.1, 0.15) is 23.0 Å². The summed E-state index contributed by atoms with van der Waals surface area (Å²) in [6, 6.07) is 11.5. The molecule has 2 N–H and O–H groups in total. The molecular formula is C18H19N3O2S. The molecule has 3 aromatic rings. The van der Waals surface area contributed by atoms with Crippen LogP contribution in [0.5, 0.6) is 0 Å². The summed E-state index contributed by atoms with van der Waals surface area (Å²) >= 11 is 1.58. The highest BCUT2D eigenvalue weighted by Crippen LogP contribution is 2.35. The van der Waals surface area contributed by atoms with Crippen molar-refractivity contribution in [1.82, 2.24) is 9.97 Å². The van der Waals surface area contributed by atoms with Crippen molar-refractivity contribution >= 4 is 33.3 Å². The van der Waals surface area contributed by atoms with Crippen LogP contribution in [0, 0.1) is 0 Å². The van der Waals surface area contributed by atoms with Gasteiger partial charge in [0, 0.05) is 4.88 Å². The van der Waals surface area contributed by atoms with Crippen LogP contribution in [0.2, 0.25) is 0 Å². The van der Waals surface area contributed by atoms with Crippen LogP contribution in [0.15, 0.2) is 42.7 Å². The standard InChI is InChI=1S/C18H19N3O2S/c1-2-3-9-14(18(22)23)21-16-13-10-15(12-7-5-4-6-8-12)24-17(13)20-11-19-16/h4-8,10-11,14H,2-3,9H2,1H3,(H,22,23)(H,19,20,21). The molecule has 0 amide bonds. The molecule has 0 aliphatic heterocycles. The van der Waals surface area contributed by atoms with Crippen LogP contribution in [-0.4, -0.2) is 27.1 Å². The van der Waals surface area contributed by atoms with E-state index < -0.39 is 12.0 Å². The second-order valence-electron chi connectivity index (χ2n) is 5.60. The highest BCUT2D eigenvalue weighted by atomic mass is 32.1. The molecule has 0 bridgehead atoms. The lowest BCUT2D eigenvalue weighted by Gasteiger charge is -2.14. The molecule has 6 heteroatoms. The lowest BCUT2D eigenvalue weighted by molar-refractivity contribution is -0.138. The number of aliphatic carboxylic acids is 1. The van der Waals surface area contributed by atoms with Gasteiger partial charge < -0.3 is 10.4 Å². The normalized spacial score (nSPS) is 12.2. The number of carbonyl (C=O) groups is 1. The lowest BCUT2D eigenvalue weighted by Crippen LogP contribution is -2.29. The Morgan fingerprint density at radius 2 is 2.08 bits per heavy atom. The first-order valence-corrected chi connectivity index (χ1v) is 8.80. The van der Waals surface area contributed by atoms with E-state index in [9.17, 15) is 9.90 Å². The monoisotopic (exact) mass is 341 g/mol. The maximum Gasteiger partial charge on any atom is 0.326 e. The number of nitrogens with one attached hydrogen (secondary N) is 1. The van der Waals surface area contributed by atoms with Gasteiger partial charge >= 0.3 is 5.97 Å². The van der Waals surface area contributed by atoms with Gasteiger partial charge in [-0.1, -0.05) is 50.1 Å². The molecule has 1 aromatic carbocycles. The van der Waals surface area contributed by atoms with Crippen molar-refractivity contribution in [3.8, 4) is 10.4 Å². The van der Waals surface area contributed by atoms with E-state index in [1.54, 1.807) is 11.3 Å². The van der Waals surface area contributed by atoms with Crippen molar-refractivity contribution in [3.05, 3.63) is 42.7 Å². The fourth-order valence-electron chi connectivity index (χ4n) is 2.55. The van der Waals surface area contributed by atoms with Crippen LogP contribution in [0.1, 0.15) is 26.2 Å². The van der Waals surface area contributed by atoms with Gasteiger partial charge in [-0.3, -0.25) is 0 Å². The minimum Gasteiger partial charge on any atom is -0.480 e. The van der Waals surface area contributed by atoms with Crippen molar-refractivity contribution < 1.29 is 9.90 Å². The first-order valence-electron chi connectivity index (χ1n) is 7.98. The predicted octanol–water partition coefficient (Wildman–Crippen LogP) is 4.41. The molecule has 0 radical (unpaired) electrons. The number of benzene rings is 1. The number of nitrogens with zero attached hydrogens (tertiary/aromatic N) is 2. The van der Waals surface area contributed by atoms with Crippen LogP contribution in [-0.2, 0) is 4.79 Å². The van der Waals surface area contributed by atoms with Gasteiger partial charge in [0.05, 0.1) is 5.39 Å². The summed E-state index contributed by atoms with van der Waals surface area (Å²) in [4.78, 5) is 22.0. The van der Waals surface area contributed by atoms with Crippen molar-refractivity contribution in [2.45, 2.75) is 32.2 Å². The van der Waals surface area contributed by atoms with E-state index in [-0.39, 0.29) is 0 Å². The van der Waals surface area contributed by atoms with Crippen molar-refractivity contribution in [1.29, 1.82) is 0 Å². The number of hydrogen-bond donors (Lipinski definition) is 2. The third-order valence-electron chi connectivity index (χ3n) is 3.84. The number of carboxylic acids is 1. The van der Waals surface area contributed by atoms with E-state index in [0.29, 0.717) is 12.2 Å². The Balaban J connectivity index is 1.93. The van der Waals surface area contributed by atoms with Crippen LogP contribution in [0.4, 0.5) is 5.82 Å². The maximum absolute atomic E-state index is 11.5. The van der Waals surface area contributed by atoms with E-state index in [1.165, 1.54) is 6.33 Å². The van der Waals surface area contributed by atoms with Crippen LogP contribution in [0.25, 0.3) is 20.7 Å². The van der Waals surface area contributed by atoms with Crippen LogP contribution >= 0.6 is 11.3 Å². The summed E-state index contributed by atoms with van der Waals surface area (Å²) in [5.74, 6) is -0.268. The zero-order valence-corrected chi connectivity index (χ0v) is 14.2. The largest absolute Gasteiger partial charge is 0.480 e. The predicted molar refractivity (Wildman–Crippen MR) is 97.4 cm³/mol. The quantitative estimate of drug-likeness (QED) is 0.665. The van der Waals surface area contributed by atoms with Gasteiger partial charge in [-0.15, -0.1) is 11.3 Å². The second-order valence-corrected chi connectivity index (χ2v) is 6.63. The van der Waals surface area contributed by atoms with E-state index in [2.05, 4.69) is 15.3 Å². The Hall–Kier alpha value is -2.47. The molecule has 1 atom stereocenters. The Bertz CT molecular complexity index is 833. The molecule has 2 aromatic heterocycles. The van der Waals surface area contributed by atoms with Crippen LogP contribution in [0.3, 0.4) is 0 Å². The third kappa shape index (κ3) is 3.54. The number of fused-ring (bicyclic) bond motifs is 1. The fourth-order valence-corrected chi connectivity index (χ4v) is 3.55. The van der Waals surface area contributed by atoms with E-state index >= 15 is 0 Å². The number of anilines is 1. The number of unbranched alkanes of at least 4 members (excludes halogenated alkanes) is 1. The van der Waals surface area contributed by atoms with Gasteiger partial charge in [0.2, 0.25) is 0 Å². The van der Waals surface area contributed by atoms with Crippen molar-refractivity contribution in [3.63, 3.8) is 0 Å². The lowest BCUT2D eigenvalue weighted by atomic mass is 10.1. The molecule has 124 valence electrons. The van der Waals surface area contributed by atoms with Gasteiger partial charge in [0.25, 0.3) is 0 Å². The smallest absolute Gasteiger partial charge is 0.326 e. The summed E-state index contributed by atoms with van der Waals surface area (Å²) in [5.41, 5.74) is 1.12. The molecule has 0 saturated carbocycles. The molecule has 0 aliphatic carbocycles. The minimum absolute atomic E-state index is 0.576. The Labute approximate surface area is 144 Å². The average molecular weight is 341 g/mol. The Kier molecular flexibility index (Phi) is 5.05. The molecule has 5 nitrogen and oxygen atoms in total. The van der Waals surface area contributed by atoms with Crippen molar-refractivity contribution in [2.24, 2.45) is 0 Å². The number of carboxylic acid groups (broad SMARTS) is 1. The third-order valence-corrected chi connectivity index (χ3v) is 4.94. The van der Waals surface area contributed by atoms with E-state index in [4.69, 9.17) is 0 Å². The highest BCUT2D eigenvalue weighted by molar-refractivity contribution is 7.21. The molecule has 2 heterocycles. The molecule has 0 spiro atoms. The summed E-state index contributed by atoms with van der Waals surface area (Å²) in [6.07, 6.45) is 3.88. The van der Waals surface area contributed by atoms with Gasteiger partial charge in [-0.2, -0.15) is 0 Å². The van der Waals surface area contributed by atoms with Gasteiger partial charge in [0.15, 0.2) is 0 Å². The molecule has 0 saturated heterocycles. The summed E-state index contributed by atoms with van der Waals surface area (Å²) in [5, 5.41) is 13.4. The number of thiophene rings is 1. The number of rotatable bonds is 7. The molecule has 1 unspecified atom stereocenters. The first-order chi connectivity index (χ1) is 11.7. The average Bonchev–Trinajstić information content (AvgIpc) is 3.04. The molecule has 0 aliphatic rings. The topological polar surface area (TPSA) is 75.1 Å². The molecular weight excluding hydrogens is 322 g/mol. The Morgan fingerprint density at radius 1 is 1.29 bits per heavy atom. The van der Waals surface area contributed by atoms with E-state index in [1.807, 2.05) is 43.3 Å². The van der Waals surface area contributed by atoms with Gasteiger partial charge in [-0.05, 0) is 18.1 Å². The first kappa shape index (κ1) is 16.4. The highest BCUT2D eigenvalue weighted by Gasteiger charge is 2.19. The zero-order valence-electron chi connectivity index (χ0n) is 13.4. The van der Waals surface area contributed by atoms with E-state index in [0.717, 1.165) is 33.5 Å². The van der Waals surface area contributed by atoms with Gasteiger partial charge in [-0.25, -0.2) is 14.8 Å². The van der Waals surface area contributed by atoms with Crippen LogP contribution < -0.4 is 5.32 Å². The Morgan fingerprint density at radius 3 is 2.79 bits per heavy atom. The second kappa shape index (κ2) is 7.40. The fraction of sp³-hybridized carbons (Fsp3) is 0.278.